The fourth-order valence-corrected chi connectivity index (χ4v) is 4.85. The van der Waals surface area contributed by atoms with E-state index in [4.69, 9.17) is 16.6 Å². The van der Waals surface area contributed by atoms with Gasteiger partial charge in [-0.25, -0.2) is 4.98 Å². The van der Waals surface area contributed by atoms with Gasteiger partial charge < -0.3 is 5.32 Å². The molecule has 6 heteroatoms. The van der Waals surface area contributed by atoms with Crippen LogP contribution < -0.4 is 5.32 Å². The lowest BCUT2D eigenvalue weighted by molar-refractivity contribution is -0.119. The van der Waals surface area contributed by atoms with Crippen LogP contribution >= 0.6 is 11.6 Å². The normalized spacial score (nSPS) is 22.6. The van der Waals surface area contributed by atoms with Gasteiger partial charge in [0, 0.05) is 40.5 Å². The van der Waals surface area contributed by atoms with Crippen LogP contribution in [0.1, 0.15) is 50.7 Å². The van der Waals surface area contributed by atoms with E-state index in [9.17, 15) is 9.59 Å². The van der Waals surface area contributed by atoms with E-state index >= 15 is 0 Å². The van der Waals surface area contributed by atoms with Gasteiger partial charge in [0.25, 0.3) is 0 Å². The molecule has 1 aliphatic carbocycles. The van der Waals surface area contributed by atoms with Gasteiger partial charge in [0.05, 0.1) is 5.92 Å². The first-order chi connectivity index (χ1) is 14.6. The highest BCUT2D eigenvalue weighted by atomic mass is 35.5. The molecule has 1 N–H and O–H groups in total. The molecule has 2 atom stereocenters. The number of hydrogen-bond donors (Lipinski definition) is 1. The molecule has 1 unspecified atom stereocenters. The number of hydrogen-bond acceptors (Lipinski definition) is 4. The van der Waals surface area contributed by atoms with Crippen LogP contribution in [-0.4, -0.2) is 22.4 Å². The zero-order valence-corrected chi connectivity index (χ0v) is 19.0. The predicted molar refractivity (Wildman–Crippen MR) is 123 cm³/mol. The van der Waals surface area contributed by atoms with Crippen molar-refractivity contribution >= 4 is 34.8 Å². The molecular formula is C25H26ClN3O2. The summed E-state index contributed by atoms with van der Waals surface area (Å²) in [4.78, 5) is 35.8. The molecule has 1 aromatic carbocycles. The SMILES string of the molecule is CC1=NC2=C(C(=O)CC(C)(C)C2)[C@H](c2cccc(Cl)c2)C1C(=O)Nc1cc(C)ccn1. The van der Waals surface area contributed by atoms with Gasteiger partial charge in [0.15, 0.2) is 5.78 Å². The third-order valence-corrected chi connectivity index (χ3v) is 6.19. The summed E-state index contributed by atoms with van der Waals surface area (Å²) < 4.78 is 0. The van der Waals surface area contributed by atoms with Crippen LogP contribution in [0.15, 0.2) is 58.9 Å². The zero-order valence-electron chi connectivity index (χ0n) is 18.2. The maximum Gasteiger partial charge on any atom is 0.235 e. The number of nitrogens with one attached hydrogen (secondary N) is 1. The Bertz CT molecular complexity index is 1130. The quantitative estimate of drug-likeness (QED) is 0.691. The molecule has 0 spiro atoms. The molecule has 1 aliphatic heterocycles. The van der Waals surface area contributed by atoms with Crippen LogP contribution in [0.3, 0.4) is 0 Å². The van der Waals surface area contributed by atoms with Crippen molar-refractivity contribution in [3.05, 3.63) is 70.0 Å². The second kappa shape index (κ2) is 8.04. The Labute approximate surface area is 187 Å². The first-order valence-corrected chi connectivity index (χ1v) is 10.8. The number of pyridine rings is 1. The van der Waals surface area contributed by atoms with Crippen molar-refractivity contribution in [2.24, 2.45) is 16.3 Å². The average molecular weight is 436 g/mol. The molecule has 5 nitrogen and oxygen atoms in total. The van der Waals surface area contributed by atoms with E-state index < -0.39 is 11.8 Å². The van der Waals surface area contributed by atoms with Crippen molar-refractivity contribution in [1.82, 2.24) is 4.98 Å². The summed E-state index contributed by atoms with van der Waals surface area (Å²) in [7, 11) is 0. The number of Topliss-reactive ketones (excluding diaryl/α,β-unsaturated/α-hetero) is 1. The van der Waals surface area contributed by atoms with Gasteiger partial charge in [-0.15, -0.1) is 0 Å². The number of anilines is 1. The lowest BCUT2D eigenvalue weighted by Gasteiger charge is -2.39. The van der Waals surface area contributed by atoms with Gasteiger partial charge >= 0.3 is 0 Å². The van der Waals surface area contributed by atoms with Crippen molar-refractivity contribution in [2.45, 2.75) is 46.5 Å². The van der Waals surface area contributed by atoms with E-state index in [0.717, 1.165) is 16.8 Å². The topological polar surface area (TPSA) is 71.4 Å². The standard InChI is InChI=1S/C25H26ClN3O2/c1-14-8-9-27-20(10-14)29-24(31)21-15(2)28-18-12-25(3,4)13-19(30)23(18)22(21)16-6-5-7-17(26)11-16/h5-11,21-22H,12-13H2,1-4H3,(H,27,29,31)/t21?,22-/m1/s1. The fourth-order valence-electron chi connectivity index (χ4n) is 4.65. The Hall–Kier alpha value is -2.79. The summed E-state index contributed by atoms with van der Waals surface area (Å²) in [6.07, 6.45) is 2.80. The molecule has 0 saturated heterocycles. The first-order valence-electron chi connectivity index (χ1n) is 10.4. The van der Waals surface area contributed by atoms with Gasteiger partial charge in [-0.2, -0.15) is 0 Å². The van der Waals surface area contributed by atoms with Crippen LogP contribution in [0.2, 0.25) is 5.02 Å². The number of nitrogens with zero attached hydrogens (tertiary/aromatic N) is 2. The highest BCUT2D eigenvalue weighted by molar-refractivity contribution is 6.30. The number of aromatic nitrogens is 1. The van der Waals surface area contributed by atoms with Gasteiger partial charge in [-0.3, -0.25) is 14.6 Å². The zero-order chi connectivity index (χ0) is 22.3. The molecule has 0 bridgehead atoms. The summed E-state index contributed by atoms with van der Waals surface area (Å²) in [5.41, 5.74) is 3.82. The Kier molecular flexibility index (Phi) is 5.56. The molecule has 0 fully saturated rings. The van der Waals surface area contributed by atoms with E-state index in [-0.39, 0.29) is 17.1 Å². The van der Waals surface area contributed by atoms with Crippen molar-refractivity contribution in [3.63, 3.8) is 0 Å². The third-order valence-electron chi connectivity index (χ3n) is 5.96. The highest BCUT2D eigenvalue weighted by Crippen LogP contribution is 2.48. The van der Waals surface area contributed by atoms with Crippen LogP contribution in [-0.2, 0) is 9.59 Å². The number of rotatable bonds is 3. The summed E-state index contributed by atoms with van der Waals surface area (Å²) in [5, 5.41) is 3.50. The summed E-state index contributed by atoms with van der Waals surface area (Å²) in [6, 6.07) is 11.1. The van der Waals surface area contributed by atoms with Gasteiger partial charge in [-0.1, -0.05) is 37.6 Å². The minimum Gasteiger partial charge on any atom is -0.310 e. The number of carbonyl (C=O) groups excluding carboxylic acids is 2. The van der Waals surface area contributed by atoms with E-state index in [1.165, 1.54) is 0 Å². The Balaban J connectivity index is 1.80. The first kappa shape index (κ1) is 21.4. The maximum absolute atomic E-state index is 13.5. The number of halogens is 1. The lowest BCUT2D eigenvalue weighted by Crippen LogP contribution is -2.41. The minimum atomic E-state index is -0.621. The van der Waals surface area contributed by atoms with E-state index in [0.29, 0.717) is 35.0 Å². The molecule has 4 rings (SSSR count). The molecule has 1 amide bonds. The van der Waals surface area contributed by atoms with Gasteiger partial charge in [0.1, 0.15) is 5.82 Å². The van der Waals surface area contributed by atoms with Crippen molar-refractivity contribution in [2.75, 3.05) is 5.32 Å². The summed E-state index contributed by atoms with van der Waals surface area (Å²) in [5.74, 6) is -0.740. The monoisotopic (exact) mass is 435 g/mol. The predicted octanol–water partition coefficient (Wildman–Crippen LogP) is 5.50. The molecule has 2 aliphatic rings. The lowest BCUT2D eigenvalue weighted by atomic mass is 9.66. The number of amides is 1. The van der Waals surface area contributed by atoms with Crippen molar-refractivity contribution < 1.29 is 9.59 Å². The van der Waals surface area contributed by atoms with E-state index in [2.05, 4.69) is 24.1 Å². The molecule has 0 radical (unpaired) electrons. The third kappa shape index (κ3) is 4.33. The molecule has 1 aromatic heterocycles. The molecule has 0 saturated carbocycles. The maximum atomic E-state index is 13.5. The number of aryl methyl sites for hydroxylation is 1. The average Bonchev–Trinajstić information content (AvgIpc) is 2.65. The number of benzene rings is 1. The largest absolute Gasteiger partial charge is 0.310 e. The van der Waals surface area contributed by atoms with Crippen LogP contribution in [0, 0.1) is 18.3 Å². The fraction of sp³-hybridized carbons (Fsp3) is 0.360. The number of ketones is 1. The minimum absolute atomic E-state index is 0.0546. The van der Waals surface area contributed by atoms with Crippen LogP contribution in [0.25, 0.3) is 0 Å². The second-order valence-corrected chi connectivity index (χ2v) is 9.71. The van der Waals surface area contributed by atoms with E-state index in [1.54, 1.807) is 12.3 Å². The molecular weight excluding hydrogens is 410 g/mol. The Morgan fingerprint density at radius 2 is 1.94 bits per heavy atom. The van der Waals surface area contributed by atoms with Gasteiger partial charge in [-0.05, 0) is 61.1 Å². The number of allylic oxidation sites excluding steroid dienone is 2. The van der Waals surface area contributed by atoms with E-state index in [1.807, 2.05) is 44.2 Å². The van der Waals surface area contributed by atoms with Crippen LogP contribution in [0.4, 0.5) is 5.82 Å². The molecule has 2 heterocycles. The Morgan fingerprint density at radius 1 is 1.16 bits per heavy atom. The molecule has 160 valence electrons. The smallest absolute Gasteiger partial charge is 0.235 e. The van der Waals surface area contributed by atoms with Crippen molar-refractivity contribution in [3.8, 4) is 0 Å². The molecule has 2 aromatic rings. The molecule has 31 heavy (non-hydrogen) atoms. The number of aliphatic imine (C=N–C) groups is 1. The van der Waals surface area contributed by atoms with Crippen molar-refractivity contribution in [1.29, 1.82) is 0 Å². The highest BCUT2D eigenvalue weighted by Gasteiger charge is 2.45. The summed E-state index contributed by atoms with van der Waals surface area (Å²) in [6.45, 7) is 7.96. The Morgan fingerprint density at radius 3 is 2.65 bits per heavy atom. The second-order valence-electron chi connectivity index (χ2n) is 9.27. The van der Waals surface area contributed by atoms with Gasteiger partial charge in [0.2, 0.25) is 5.91 Å². The number of carbonyl (C=O) groups is 2. The summed E-state index contributed by atoms with van der Waals surface area (Å²) >= 11 is 6.29. The van der Waals surface area contributed by atoms with Crippen LogP contribution in [0.5, 0.6) is 0 Å².